The average Bonchev–Trinajstić information content (AvgIpc) is 3.13. The van der Waals surface area contributed by atoms with Crippen LogP contribution < -0.4 is 10.6 Å². The van der Waals surface area contributed by atoms with Crippen molar-refractivity contribution < 1.29 is 14.7 Å². The quantitative estimate of drug-likeness (QED) is 0.512. The molecule has 0 saturated heterocycles. The summed E-state index contributed by atoms with van der Waals surface area (Å²) in [5.41, 5.74) is 1.95. The number of carbonyl (C=O) groups excluding carboxylic acids is 2. The summed E-state index contributed by atoms with van der Waals surface area (Å²) >= 11 is 0. The van der Waals surface area contributed by atoms with Gasteiger partial charge in [0.15, 0.2) is 0 Å². The van der Waals surface area contributed by atoms with E-state index in [-0.39, 0.29) is 6.54 Å². The van der Waals surface area contributed by atoms with Crippen LogP contribution in [0.5, 0.6) is 0 Å². The molecule has 0 bridgehead atoms. The molecular formula is C18H20N6O3. The van der Waals surface area contributed by atoms with Crippen molar-refractivity contribution in [2.75, 3.05) is 26.0 Å². The number of H-pyrrole nitrogens is 1. The van der Waals surface area contributed by atoms with Crippen LogP contribution in [0.3, 0.4) is 0 Å². The van der Waals surface area contributed by atoms with Crippen molar-refractivity contribution in [1.29, 1.82) is 0 Å². The summed E-state index contributed by atoms with van der Waals surface area (Å²) in [4.78, 5) is 29.6. The van der Waals surface area contributed by atoms with E-state index in [2.05, 4.69) is 25.8 Å². The summed E-state index contributed by atoms with van der Waals surface area (Å²) in [6, 6.07) is 8.85. The first kappa shape index (κ1) is 18.3. The number of aliphatic hydroxyl groups excluding tert-OH is 1. The van der Waals surface area contributed by atoms with Gasteiger partial charge in [-0.05, 0) is 30.3 Å². The second-order valence-corrected chi connectivity index (χ2v) is 6.16. The minimum atomic E-state index is -1.31. The van der Waals surface area contributed by atoms with Gasteiger partial charge < -0.3 is 20.6 Å². The molecule has 0 aliphatic carbocycles. The van der Waals surface area contributed by atoms with E-state index >= 15 is 0 Å². The zero-order valence-corrected chi connectivity index (χ0v) is 14.9. The molecule has 0 unspecified atom stereocenters. The van der Waals surface area contributed by atoms with Crippen molar-refractivity contribution >= 4 is 34.2 Å². The molecule has 3 rings (SSSR count). The van der Waals surface area contributed by atoms with Crippen LogP contribution in [0.2, 0.25) is 0 Å². The monoisotopic (exact) mass is 368 g/mol. The Morgan fingerprint density at radius 3 is 2.89 bits per heavy atom. The van der Waals surface area contributed by atoms with Crippen LogP contribution in [0.4, 0.5) is 11.5 Å². The first-order valence-corrected chi connectivity index (χ1v) is 8.28. The molecule has 2 heterocycles. The van der Waals surface area contributed by atoms with E-state index < -0.39 is 17.9 Å². The number of benzene rings is 1. The van der Waals surface area contributed by atoms with Crippen molar-refractivity contribution in [3.05, 3.63) is 48.3 Å². The molecule has 0 saturated carbocycles. The maximum atomic E-state index is 12.5. The highest BCUT2D eigenvalue weighted by atomic mass is 16.3. The van der Waals surface area contributed by atoms with E-state index in [4.69, 9.17) is 0 Å². The minimum Gasteiger partial charge on any atom is -0.381 e. The number of nitrogens with one attached hydrogen (secondary N) is 3. The Kier molecular flexibility index (Phi) is 5.32. The van der Waals surface area contributed by atoms with Gasteiger partial charge in [-0.25, -0.2) is 4.98 Å². The number of aromatic nitrogens is 3. The number of anilines is 2. The number of likely N-dealkylation sites (N-methyl/N-ethyl adjacent to an activating group) is 1. The number of rotatable bonds is 6. The number of fused-ring (bicyclic) bond motifs is 1. The highest BCUT2D eigenvalue weighted by molar-refractivity contribution is 5.99. The number of nitrogens with zero attached hydrogens (tertiary/aromatic N) is 3. The standard InChI is InChI=1S/C18H20N6O3/c1-24(2)18(27)15(25)10-20-17(26)13-4-3-7-19-16(13)22-12-5-6-14-11(8-12)9-21-23-14/h3-9,15,25H,10H2,1-2H3,(H,19,22)(H,20,26)(H,21,23)/t15-/m1/s1. The highest BCUT2D eigenvalue weighted by Crippen LogP contribution is 2.22. The number of hydrogen-bond donors (Lipinski definition) is 4. The van der Waals surface area contributed by atoms with E-state index in [1.165, 1.54) is 19.0 Å². The number of pyridine rings is 1. The maximum absolute atomic E-state index is 12.5. The van der Waals surface area contributed by atoms with E-state index in [9.17, 15) is 14.7 Å². The fraction of sp³-hybridized carbons (Fsp3) is 0.222. The van der Waals surface area contributed by atoms with Gasteiger partial charge in [0.2, 0.25) is 0 Å². The third-order valence-electron chi connectivity index (χ3n) is 3.94. The predicted molar refractivity (Wildman–Crippen MR) is 101 cm³/mol. The van der Waals surface area contributed by atoms with E-state index in [0.717, 1.165) is 16.6 Å². The molecule has 140 valence electrons. The molecule has 27 heavy (non-hydrogen) atoms. The zero-order chi connectivity index (χ0) is 19.4. The van der Waals surface area contributed by atoms with Crippen LogP contribution in [0, 0.1) is 0 Å². The summed E-state index contributed by atoms with van der Waals surface area (Å²) in [5.74, 6) is -0.555. The van der Waals surface area contributed by atoms with Crippen LogP contribution in [-0.4, -0.2) is 63.7 Å². The lowest BCUT2D eigenvalue weighted by atomic mass is 10.2. The summed E-state index contributed by atoms with van der Waals surface area (Å²) in [5, 5.41) is 23.3. The number of aliphatic hydroxyl groups is 1. The minimum absolute atomic E-state index is 0.189. The van der Waals surface area contributed by atoms with Gasteiger partial charge in [-0.15, -0.1) is 0 Å². The molecule has 4 N–H and O–H groups in total. The van der Waals surface area contributed by atoms with Gasteiger partial charge in [-0.2, -0.15) is 5.10 Å². The lowest BCUT2D eigenvalue weighted by Crippen LogP contribution is -2.42. The van der Waals surface area contributed by atoms with Crippen LogP contribution in [0.15, 0.2) is 42.7 Å². The molecule has 3 aromatic rings. The lowest BCUT2D eigenvalue weighted by molar-refractivity contribution is -0.137. The zero-order valence-electron chi connectivity index (χ0n) is 14.9. The second-order valence-electron chi connectivity index (χ2n) is 6.16. The highest BCUT2D eigenvalue weighted by Gasteiger charge is 2.19. The first-order valence-electron chi connectivity index (χ1n) is 8.28. The second kappa shape index (κ2) is 7.83. The Balaban J connectivity index is 1.73. The normalized spacial score (nSPS) is 11.8. The van der Waals surface area contributed by atoms with Gasteiger partial charge in [-0.3, -0.25) is 14.7 Å². The summed E-state index contributed by atoms with van der Waals surface area (Å²) in [7, 11) is 3.07. The first-order chi connectivity index (χ1) is 13.0. The van der Waals surface area contributed by atoms with E-state index in [1.807, 2.05) is 18.2 Å². The van der Waals surface area contributed by atoms with Gasteiger partial charge in [0.05, 0.1) is 23.8 Å². The topological polar surface area (TPSA) is 123 Å². The molecule has 0 aliphatic heterocycles. The van der Waals surface area contributed by atoms with Crippen molar-refractivity contribution in [1.82, 2.24) is 25.4 Å². The van der Waals surface area contributed by atoms with Crippen molar-refractivity contribution in [3.63, 3.8) is 0 Å². The fourth-order valence-electron chi connectivity index (χ4n) is 2.52. The largest absolute Gasteiger partial charge is 0.381 e. The van der Waals surface area contributed by atoms with Gasteiger partial charge in [-0.1, -0.05) is 0 Å². The molecule has 0 aliphatic rings. The van der Waals surface area contributed by atoms with Crippen molar-refractivity contribution in [2.24, 2.45) is 0 Å². The molecule has 0 radical (unpaired) electrons. The fourth-order valence-corrected chi connectivity index (χ4v) is 2.52. The molecule has 2 aromatic heterocycles. The van der Waals surface area contributed by atoms with Crippen molar-refractivity contribution in [2.45, 2.75) is 6.10 Å². The van der Waals surface area contributed by atoms with Crippen LogP contribution in [0.1, 0.15) is 10.4 Å². The smallest absolute Gasteiger partial charge is 0.255 e. The predicted octanol–water partition coefficient (Wildman–Crippen LogP) is 0.880. The molecule has 2 amide bonds. The Hall–Kier alpha value is -3.46. The molecule has 1 atom stereocenters. The van der Waals surface area contributed by atoms with Gasteiger partial charge in [0.25, 0.3) is 11.8 Å². The molecular weight excluding hydrogens is 348 g/mol. The van der Waals surface area contributed by atoms with E-state index in [0.29, 0.717) is 11.4 Å². The molecule has 0 fully saturated rings. The molecule has 0 spiro atoms. The van der Waals surface area contributed by atoms with Gasteiger partial charge in [0.1, 0.15) is 11.9 Å². The van der Waals surface area contributed by atoms with Crippen LogP contribution in [-0.2, 0) is 4.79 Å². The molecule has 9 heteroatoms. The number of carbonyl (C=O) groups is 2. The van der Waals surface area contributed by atoms with Gasteiger partial charge in [0, 0.05) is 31.4 Å². The van der Waals surface area contributed by atoms with Crippen LogP contribution in [0.25, 0.3) is 10.9 Å². The van der Waals surface area contributed by atoms with Crippen LogP contribution >= 0.6 is 0 Å². The van der Waals surface area contributed by atoms with Crippen molar-refractivity contribution in [3.8, 4) is 0 Å². The number of amides is 2. The summed E-state index contributed by atoms with van der Waals surface area (Å²) in [6.45, 7) is -0.189. The van der Waals surface area contributed by atoms with E-state index in [1.54, 1.807) is 24.5 Å². The van der Waals surface area contributed by atoms with Gasteiger partial charge >= 0.3 is 0 Å². The maximum Gasteiger partial charge on any atom is 0.255 e. The number of hydrogen-bond acceptors (Lipinski definition) is 6. The Bertz CT molecular complexity index is 968. The Morgan fingerprint density at radius 1 is 1.30 bits per heavy atom. The average molecular weight is 368 g/mol. The Labute approximate surface area is 155 Å². The third kappa shape index (κ3) is 4.21. The lowest BCUT2D eigenvalue weighted by Gasteiger charge is -2.17. The number of aromatic amines is 1. The molecule has 9 nitrogen and oxygen atoms in total. The SMILES string of the molecule is CN(C)C(=O)[C@H](O)CNC(=O)c1cccnc1Nc1ccc2[nH]ncc2c1. The Morgan fingerprint density at radius 2 is 2.11 bits per heavy atom. The molecule has 1 aromatic carbocycles. The third-order valence-corrected chi connectivity index (χ3v) is 3.94. The summed E-state index contributed by atoms with van der Waals surface area (Å²) < 4.78 is 0. The summed E-state index contributed by atoms with van der Waals surface area (Å²) in [6.07, 6.45) is 1.97.